The number of aromatic nitrogens is 4. The zero-order chi connectivity index (χ0) is 11.7. The molecule has 6 heteroatoms. The van der Waals surface area contributed by atoms with Gasteiger partial charge in [-0.15, -0.1) is 0 Å². The summed E-state index contributed by atoms with van der Waals surface area (Å²) in [5.41, 5.74) is 1.33. The van der Waals surface area contributed by atoms with Crippen LogP contribution in [-0.2, 0) is 14.1 Å². The van der Waals surface area contributed by atoms with E-state index >= 15 is 0 Å². The van der Waals surface area contributed by atoms with Gasteiger partial charge in [0.15, 0.2) is 11.5 Å². The zero-order valence-corrected chi connectivity index (χ0v) is 9.43. The second-order valence-electron chi connectivity index (χ2n) is 3.62. The number of rotatable bonds is 2. The molecule has 2 aromatic heterocycles. The number of carbonyl (C=O) groups excluding carboxylic acids is 1. The standard InChI is InChI=1S/C10H13N5O/c1-7-6-8(12-15(7)3)10(16)11-9-4-5-14(2)13-9/h4-6H,1-3H3,(H,11,13,16). The fourth-order valence-corrected chi connectivity index (χ4v) is 1.33. The van der Waals surface area contributed by atoms with Crippen LogP contribution in [0.3, 0.4) is 0 Å². The number of amides is 1. The van der Waals surface area contributed by atoms with Crippen molar-refractivity contribution in [3.8, 4) is 0 Å². The number of carbonyl (C=O) groups is 1. The molecule has 0 saturated carbocycles. The predicted octanol–water partition coefficient (Wildman–Crippen LogP) is 0.714. The molecule has 16 heavy (non-hydrogen) atoms. The minimum atomic E-state index is -0.248. The predicted molar refractivity (Wildman–Crippen MR) is 59.1 cm³/mol. The van der Waals surface area contributed by atoms with E-state index in [4.69, 9.17) is 0 Å². The quantitative estimate of drug-likeness (QED) is 0.809. The fourth-order valence-electron chi connectivity index (χ4n) is 1.33. The molecule has 0 aliphatic heterocycles. The molecule has 2 rings (SSSR count). The molecule has 0 unspecified atom stereocenters. The molecule has 2 aromatic rings. The third kappa shape index (κ3) is 1.95. The van der Waals surface area contributed by atoms with Crippen molar-refractivity contribution in [1.29, 1.82) is 0 Å². The van der Waals surface area contributed by atoms with Gasteiger partial charge in [-0.2, -0.15) is 10.2 Å². The number of hydrogen-bond donors (Lipinski definition) is 1. The highest BCUT2D eigenvalue weighted by atomic mass is 16.2. The van der Waals surface area contributed by atoms with Crippen molar-refractivity contribution in [3.63, 3.8) is 0 Å². The first-order chi connectivity index (χ1) is 7.56. The zero-order valence-electron chi connectivity index (χ0n) is 9.43. The monoisotopic (exact) mass is 219 g/mol. The summed E-state index contributed by atoms with van der Waals surface area (Å²) >= 11 is 0. The van der Waals surface area contributed by atoms with E-state index < -0.39 is 0 Å². The van der Waals surface area contributed by atoms with Crippen molar-refractivity contribution in [1.82, 2.24) is 19.6 Å². The number of aryl methyl sites for hydroxylation is 3. The highest BCUT2D eigenvalue weighted by Gasteiger charge is 2.11. The third-order valence-corrected chi connectivity index (χ3v) is 2.30. The van der Waals surface area contributed by atoms with E-state index in [1.54, 1.807) is 41.8 Å². The fraction of sp³-hybridized carbons (Fsp3) is 0.300. The lowest BCUT2D eigenvalue weighted by Gasteiger charge is -1.97. The summed E-state index contributed by atoms with van der Waals surface area (Å²) in [4.78, 5) is 11.8. The van der Waals surface area contributed by atoms with Crippen LogP contribution < -0.4 is 5.32 Å². The lowest BCUT2D eigenvalue weighted by Crippen LogP contribution is -2.13. The Bertz CT molecular complexity index is 506. The molecule has 84 valence electrons. The Hall–Kier alpha value is -2.11. The van der Waals surface area contributed by atoms with Gasteiger partial charge < -0.3 is 5.32 Å². The number of anilines is 1. The summed E-state index contributed by atoms with van der Waals surface area (Å²) in [7, 11) is 3.59. The lowest BCUT2D eigenvalue weighted by molar-refractivity contribution is 0.102. The van der Waals surface area contributed by atoms with E-state index in [0.29, 0.717) is 11.5 Å². The Labute approximate surface area is 92.9 Å². The van der Waals surface area contributed by atoms with E-state index in [1.165, 1.54) is 0 Å². The SMILES string of the molecule is Cc1cc(C(=O)Nc2ccn(C)n2)nn1C. The van der Waals surface area contributed by atoms with Crippen LogP contribution in [0.15, 0.2) is 18.3 Å². The molecule has 0 fully saturated rings. The topological polar surface area (TPSA) is 64.7 Å². The van der Waals surface area contributed by atoms with Gasteiger partial charge in [-0.25, -0.2) is 0 Å². The normalized spacial score (nSPS) is 10.4. The van der Waals surface area contributed by atoms with Crippen LogP contribution in [0.4, 0.5) is 5.82 Å². The second kappa shape index (κ2) is 3.80. The molecule has 0 aliphatic rings. The van der Waals surface area contributed by atoms with E-state index in [9.17, 15) is 4.79 Å². The van der Waals surface area contributed by atoms with E-state index in [-0.39, 0.29) is 5.91 Å². The van der Waals surface area contributed by atoms with Gasteiger partial charge in [0.05, 0.1) is 0 Å². The summed E-state index contributed by atoms with van der Waals surface area (Å²) in [6.07, 6.45) is 1.76. The molecule has 2 heterocycles. The Balaban J connectivity index is 2.14. The number of nitrogens with one attached hydrogen (secondary N) is 1. The van der Waals surface area contributed by atoms with Crippen molar-refractivity contribution in [2.24, 2.45) is 14.1 Å². The molecule has 0 atom stereocenters. The molecular weight excluding hydrogens is 206 g/mol. The third-order valence-electron chi connectivity index (χ3n) is 2.30. The Morgan fingerprint density at radius 2 is 2.12 bits per heavy atom. The van der Waals surface area contributed by atoms with Crippen molar-refractivity contribution in [2.75, 3.05) is 5.32 Å². The van der Waals surface area contributed by atoms with Crippen LogP contribution in [0.2, 0.25) is 0 Å². The highest BCUT2D eigenvalue weighted by Crippen LogP contribution is 2.06. The molecule has 0 spiro atoms. The van der Waals surface area contributed by atoms with Crippen molar-refractivity contribution >= 4 is 11.7 Å². The van der Waals surface area contributed by atoms with Crippen molar-refractivity contribution in [3.05, 3.63) is 29.7 Å². The maximum atomic E-state index is 11.8. The van der Waals surface area contributed by atoms with Gasteiger partial charge in [-0.05, 0) is 13.0 Å². The van der Waals surface area contributed by atoms with E-state index in [2.05, 4.69) is 15.5 Å². The average Bonchev–Trinajstić information content (AvgIpc) is 2.75. The minimum absolute atomic E-state index is 0.248. The molecule has 0 radical (unpaired) electrons. The summed E-state index contributed by atoms with van der Waals surface area (Å²) in [5, 5.41) is 10.8. The summed E-state index contributed by atoms with van der Waals surface area (Å²) in [5.74, 6) is 0.276. The molecule has 1 amide bonds. The summed E-state index contributed by atoms with van der Waals surface area (Å²) in [6, 6.07) is 3.46. The summed E-state index contributed by atoms with van der Waals surface area (Å²) < 4.78 is 3.28. The van der Waals surface area contributed by atoms with Gasteiger partial charge in [-0.3, -0.25) is 14.2 Å². The second-order valence-corrected chi connectivity index (χ2v) is 3.62. The lowest BCUT2D eigenvalue weighted by atomic mass is 10.3. The van der Waals surface area contributed by atoms with Gasteiger partial charge in [0, 0.05) is 32.1 Å². The van der Waals surface area contributed by atoms with Gasteiger partial charge in [0.1, 0.15) is 0 Å². The van der Waals surface area contributed by atoms with E-state index in [1.807, 2.05) is 6.92 Å². The molecule has 0 saturated heterocycles. The average molecular weight is 219 g/mol. The van der Waals surface area contributed by atoms with Crippen LogP contribution in [0.5, 0.6) is 0 Å². The minimum Gasteiger partial charge on any atom is -0.304 e. The number of nitrogens with zero attached hydrogens (tertiary/aromatic N) is 4. The Morgan fingerprint density at radius 3 is 2.62 bits per heavy atom. The van der Waals surface area contributed by atoms with Crippen LogP contribution >= 0.6 is 0 Å². The first kappa shape index (κ1) is 10.4. The van der Waals surface area contributed by atoms with Gasteiger partial charge in [0.2, 0.25) is 0 Å². The van der Waals surface area contributed by atoms with Crippen molar-refractivity contribution in [2.45, 2.75) is 6.92 Å². The van der Waals surface area contributed by atoms with Gasteiger partial charge >= 0.3 is 0 Å². The van der Waals surface area contributed by atoms with Crippen LogP contribution in [0, 0.1) is 6.92 Å². The molecule has 0 bridgehead atoms. The maximum absolute atomic E-state index is 11.8. The van der Waals surface area contributed by atoms with Crippen LogP contribution in [0.1, 0.15) is 16.2 Å². The maximum Gasteiger partial charge on any atom is 0.277 e. The molecule has 6 nitrogen and oxygen atoms in total. The highest BCUT2D eigenvalue weighted by molar-refractivity contribution is 6.02. The molecular formula is C10H13N5O. The Kier molecular flexibility index (Phi) is 2.47. The summed E-state index contributed by atoms with van der Waals surface area (Å²) in [6.45, 7) is 1.89. The van der Waals surface area contributed by atoms with Crippen LogP contribution in [0.25, 0.3) is 0 Å². The van der Waals surface area contributed by atoms with Crippen LogP contribution in [-0.4, -0.2) is 25.5 Å². The smallest absolute Gasteiger partial charge is 0.277 e. The molecule has 0 aliphatic carbocycles. The van der Waals surface area contributed by atoms with Crippen molar-refractivity contribution < 1.29 is 4.79 Å². The molecule has 0 aromatic carbocycles. The van der Waals surface area contributed by atoms with Gasteiger partial charge in [-0.1, -0.05) is 0 Å². The first-order valence-corrected chi connectivity index (χ1v) is 4.88. The van der Waals surface area contributed by atoms with E-state index in [0.717, 1.165) is 5.69 Å². The Morgan fingerprint density at radius 1 is 1.38 bits per heavy atom. The van der Waals surface area contributed by atoms with Gasteiger partial charge in [0.25, 0.3) is 5.91 Å². The molecule has 1 N–H and O–H groups in total. The number of hydrogen-bond acceptors (Lipinski definition) is 3. The largest absolute Gasteiger partial charge is 0.304 e. The first-order valence-electron chi connectivity index (χ1n) is 4.88.